The number of ether oxygens (including phenoxy) is 2. The van der Waals surface area contributed by atoms with Crippen molar-refractivity contribution in [3.05, 3.63) is 48.4 Å². The molecule has 9 heteroatoms. The lowest BCUT2D eigenvalue weighted by atomic mass is 10.2. The van der Waals surface area contributed by atoms with Gasteiger partial charge >= 0.3 is 0 Å². The molecule has 0 radical (unpaired) electrons. The number of methoxy groups -OCH3 is 2. The summed E-state index contributed by atoms with van der Waals surface area (Å²) in [4.78, 5) is 0. The normalized spacial score (nSPS) is 10.9. The van der Waals surface area contributed by atoms with Crippen LogP contribution in [0.15, 0.2) is 61.2 Å². The van der Waals surface area contributed by atoms with Crippen LogP contribution in [0.1, 0.15) is 5.69 Å². The van der Waals surface area contributed by atoms with Gasteiger partial charge in [-0.3, -0.25) is 0 Å². The summed E-state index contributed by atoms with van der Waals surface area (Å²) in [5.41, 5.74) is 1.44. The molecule has 0 aliphatic rings. The van der Waals surface area contributed by atoms with Crippen molar-refractivity contribution in [1.29, 1.82) is 0 Å². The molecular weight excluding hydrogens is 370 g/mol. The summed E-state index contributed by atoms with van der Waals surface area (Å²) in [6, 6.07) is 10.8. The van der Waals surface area contributed by atoms with Gasteiger partial charge in [0.2, 0.25) is 5.76 Å². The van der Waals surface area contributed by atoms with E-state index >= 15 is 0 Å². The number of hydrogen-bond acceptors (Lipinski definition) is 9. The average molecular weight is 385 g/mol. The Balaban J connectivity index is 1.46. The van der Waals surface area contributed by atoms with Gasteiger partial charge in [-0.1, -0.05) is 16.9 Å². The fraction of sp³-hybridized carbons (Fsp3) is 0.167. The molecule has 0 saturated carbocycles. The van der Waals surface area contributed by atoms with Crippen LogP contribution in [0.25, 0.3) is 23.0 Å². The van der Waals surface area contributed by atoms with Gasteiger partial charge in [0, 0.05) is 17.9 Å². The predicted molar refractivity (Wildman–Crippen MR) is 96.6 cm³/mol. The second-order valence-electron chi connectivity index (χ2n) is 5.39. The van der Waals surface area contributed by atoms with Crippen molar-refractivity contribution in [1.82, 2.24) is 15.4 Å². The molecule has 0 atom stereocenters. The maximum Gasteiger partial charge on any atom is 0.277 e. The topological polar surface area (TPSA) is 96.6 Å². The van der Waals surface area contributed by atoms with Crippen molar-refractivity contribution >= 4 is 11.8 Å². The van der Waals surface area contributed by atoms with E-state index in [-0.39, 0.29) is 0 Å². The molecule has 3 aromatic heterocycles. The number of aromatic nitrogens is 3. The van der Waals surface area contributed by atoms with E-state index in [0.29, 0.717) is 45.4 Å². The number of thioether (sulfide) groups is 1. The summed E-state index contributed by atoms with van der Waals surface area (Å²) in [6.07, 6.45) is 1.58. The quantitative estimate of drug-likeness (QED) is 0.431. The Morgan fingerprint density at radius 3 is 2.74 bits per heavy atom. The molecule has 8 nitrogen and oxygen atoms in total. The van der Waals surface area contributed by atoms with Crippen LogP contribution in [-0.4, -0.2) is 29.6 Å². The molecule has 0 unspecified atom stereocenters. The lowest BCUT2D eigenvalue weighted by Gasteiger charge is -2.07. The standard InChI is InChI=1S/C18H15N3O5S/c1-22-12-5-6-13(15(9-12)23-2)17-19-20-18(25-17)27-10-11-8-16(26-21-11)14-4-3-7-24-14/h3-9H,10H2,1-2H3. The molecule has 138 valence electrons. The molecule has 0 spiro atoms. The zero-order chi connectivity index (χ0) is 18.6. The zero-order valence-corrected chi connectivity index (χ0v) is 15.4. The highest BCUT2D eigenvalue weighted by molar-refractivity contribution is 7.98. The Bertz CT molecular complexity index is 1030. The zero-order valence-electron chi connectivity index (χ0n) is 14.5. The highest BCUT2D eigenvalue weighted by Crippen LogP contribution is 2.34. The highest BCUT2D eigenvalue weighted by atomic mass is 32.2. The Morgan fingerprint density at radius 2 is 1.96 bits per heavy atom. The number of benzene rings is 1. The van der Waals surface area contributed by atoms with Crippen LogP contribution in [0.3, 0.4) is 0 Å². The van der Waals surface area contributed by atoms with Gasteiger partial charge in [-0.25, -0.2) is 0 Å². The molecule has 27 heavy (non-hydrogen) atoms. The first kappa shape index (κ1) is 17.2. The van der Waals surface area contributed by atoms with Gasteiger partial charge in [0.1, 0.15) is 11.5 Å². The van der Waals surface area contributed by atoms with Crippen LogP contribution < -0.4 is 9.47 Å². The van der Waals surface area contributed by atoms with Crippen LogP contribution in [0.2, 0.25) is 0 Å². The van der Waals surface area contributed by atoms with Crippen LogP contribution >= 0.6 is 11.8 Å². The van der Waals surface area contributed by atoms with E-state index in [1.54, 1.807) is 38.7 Å². The molecular formula is C18H15N3O5S. The second kappa shape index (κ2) is 7.58. The molecule has 0 amide bonds. The van der Waals surface area contributed by atoms with Crippen molar-refractivity contribution in [2.75, 3.05) is 14.2 Å². The lowest BCUT2D eigenvalue weighted by Crippen LogP contribution is -1.90. The Hall–Kier alpha value is -3.20. The van der Waals surface area contributed by atoms with Crippen molar-refractivity contribution in [3.8, 4) is 34.5 Å². The number of furan rings is 1. The minimum absolute atomic E-state index is 0.369. The van der Waals surface area contributed by atoms with E-state index in [1.807, 2.05) is 18.2 Å². The van der Waals surface area contributed by atoms with Crippen LogP contribution in [-0.2, 0) is 5.75 Å². The van der Waals surface area contributed by atoms with Gasteiger partial charge in [-0.05, 0) is 24.3 Å². The average Bonchev–Trinajstić information content (AvgIpc) is 3.47. The molecule has 0 aliphatic heterocycles. The first-order valence-electron chi connectivity index (χ1n) is 7.95. The summed E-state index contributed by atoms with van der Waals surface area (Å²) in [5.74, 6) is 3.37. The first-order chi connectivity index (χ1) is 13.3. The summed E-state index contributed by atoms with van der Waals surface area (Å²) >= 11 is 1.36. The Kier molecular flexibility index (Phi) is 4.84. The lowest BCUT2D eigenvalue weighted by molar-refractivity contribution is 0.393. The summed E-state index contributed by atoms with van der Waals surface area (Å²) in [7, 11) is 3.17. The predicted octanol–water partition coefficient (Wildman–Crippen LogP) is 4.29. The van der Waals surface area contributed by atoms with E-state index in [2.05, 4.69) is 15.4 Å². The molecule has 1 aromatic carbocycles. The second-order valence-corrected chi connectivity index (χ2v) is 6.31. The van der Waals surface area contributed by atoms with Crippen molar-refractivity contribution < 1.29 is 22.8 Å². The fourth-order valence-electron chi connectivity index (χ4n) is 2.40. The van der Waals surface area contributed by atoms with E-state index in [1.165, 1.54) is 11.8 Å². The van der Waals surface area contributed by atoms with Gasteiger partial charge in [0.05, 0.1) is 31.7 Å². The van der Waals surface area contributed by atoms with Gasteiger partial charge in [-0.15, -0.1) is 10.2 Å². The SMILES string of the molecule is COc1ccc(-c2nnc(SCc3cc(-c4ccco4)on3)o2)c(OC)c1. The van der Waals surface area contributed by atoms with E-state index < -0.39 is 0 Å². The minimum Gasteiger partial charge on any atom is -0.497 e. The largest absolute Gasteiger partial charge is 0.497 e. The number of nitrogens with zero attached hydrogens (tertiary/aromatic N) is 3. The molecule has 4 aromatic rings. The molecule has 0 fully saturated rings. The van der Waals surface area contributed by atoms with E-state index in [9.17, 15) is 0 Å². The third-order valence-electron chi connectivity index (χ3n) is 3.71. The molecule has 0 saturated heterocycles. The molecule has 4 rings (SSSR count). The van der Waals surface area contributed by atoms with Crippen LogP contribution in [0.5, 0.6) is 11.5 Å². The maximum atomic E-state index is 5.73. The highest BCUT2D eigenvalue weighted by Gasteiger charge is 2.16. The molecule has 0 aliphatic carbocycles. The van der Waals surface area contributed by atoms with Crippen molar-refractivity contribution in [2.24, 2.45) is 0 Å². The van der Waals surface area contributed by atoms with Crippen molar-refractivity contribution in [3.63, 3.8) is 0 Å². The van der Waals surface area contributed by atoms with E-state index in [4.69, 9.17) is 22.8 Å². The third-order valence-corrected chi connectivity index (χ3v) is 4.56. The summed E-state index contributed by atoms with van der Waals surface area (Å²) in [5, 5.41) is 12.6. The monoisotopic (exact) mass is 385 g/mol. The molecule has 0 N–H and O–H groups in total. The van der Waals surface area contributed by atoms with Crippen LogP contribution in [0.4, 0.5) is 0 Å². The minimum atomic E-state index is 0.369. The fourth-order valence-corrected chi connectivity index (χ4v) is 3.05. The smallest absolute Gasteiger partial charge is 0.277 e. The van der Waals surface area contributed by atoms with Crippen LogP contribution in [0, 0.1) is 0 Å². The summed E-state index contributed by atoms with van der Waals surface area (Å²) < 4.78 is 26.9. The van der Waals surface area contributed by atoms with Crippen molar-refractivity contribution in [2.45, 2.75) is 11.0 Å². The van der Waals surface area contributed by atoms with Gasteiger partial charge < -0.3 is 22.8 Å². The first-order valence-corrected chi connectivity index (χ1v) is 8.93. The Labute approximate surface area is 158 Å². The molecule has 0 bridgehead atoms. The molecule has 3 heterocycles. The number of hydrogen-bond donors (Lipinski definition) is 0. The van der Waals surface area contributed by atoms with Gasteiger partial charge in [-0.2, -0.15) is 0 Å². The van der Waals surface area contributed by atoms with Gasteiger partial charge in [0.25, 0.3) is 11.1 Å². The third kappa shape index (κ3) is 3.68. The Morgan fingerprint density at radius 1 is 1.04 bits per heavy atom. The number of rotatable bonds is 7. The summed E-state index contributed by atoms with van der Waals surface area (Å²) in [6.45, 7) is 0. The van der Waals surface area contributed by atoms with E-state index in [0.717, 1.165) is 5.69 Å². The maximum absolute atomic E-state index is 5.73. The van der Waals surface area contributed by atoms with Gasteiger partial charge in [0.15, 0.2) is 5.76 Å².